The summed E-state index contributed by atoms with van der Waals surface area (Å²) in [5, 5.41) is 17.7. The molecule has 0 amide bonds. The Labute approximate surface area is 100 Å². The molecule has 0 N–H and O–H groups in total. The largest absolute Gasteiger partial charge is 0.372 e. The molecule has 0 aliphatic heterocycles. The minimum absolute atomic E-state index is 0.463. The molecule has 0 radical (unpaired) electrons. The Morgan fingerprint density at radius 1 is 1.38 bits per heavy atom. The molecule has 0 heterocycles. The average Bonchev–Trinajstić information content (AvgIpc) is 2.34. The summed E-state index contributed by atoms with van der Waals surface area (Å²) >= 11 is 1.56. The number of thioether (sulfide) groups is 1. The molecule has 0 aliphatic carbocycles. The lowest BCUT2D eigenvalue weighted by molar-refractivity contribution is 0.901. The van der Waals surface area contributed by atoms with Crippen molar-refractivity contribution in [2.75, 3.05) is 24.7 Å². The second kappa shape index (κ2) is 6.05. The highest BCUT2D eigenvalue weighted by Gasteiger charge is 2.10. The van der Waals surface area contributed by atoms with Crippen LogP contribution in [0.3, 0.4) is 0 Å². The summed E-state index contributed by atoms with van der Waals surface area (Å²) in [6.07, 6.45) is 2.42. The zero-order chi connectivity index (χ0) is 12.0. The van der Waals surface area contributed by atoms with Gasteiger partial charge in [-0.2, -0.15) is 10.5 Å². The summed E-state index contributed by atoms with van der Waals surface area (Å²) in [6, 6.07) is 10.1. The minimum Gasteiger partial charge on any atom is -0.372 e. The van der Waals surface area contributed by atoms with E-state index in [1.54, 1.807) is 11.8 Å². The maximum atomic E-state index is 9.15. The van der Waals surface area contributed by atoms with Gasteiger partial charge in [-0.1, -0.05) is 6.07 Å². The zero-order valence-electron chi connectivity index (χ0n) is 9.40. The van der Waals surface area contributed by atoms with Gasteiger partial charge in [0.1, 0.15) is 6.07 Å². The van der Waals surface area contributed by atoms with Crippen LogP contribution in [-0.4, -0.2) is 19.8 Å². The molecule has 0 bridgehead atoms. The average molecular weight is 231 g/mol. The van der Waals surface area contributed by atoms with Crippen LogP contribution in [0.2, 0.25) is 0 Å². The van der Waals surface area contributed by atoms with Gasteiger partial charge >= 0.3 is 0 Å². The van der Waals surface area contributed by atoms with E-state index in [2.05, 4.69) is 12.1 Å². The van der Waals surface area contributed by atoms with Crippen molar-refractivity contribution in [3.8, 4) is 12.1 Å². The molecule has 0 saturated carbocycles. The second-order valence-electron chi connectivity index (χ2n) is 3.30. The molecule has 1 aromatic rings. The normalized spacial score (nSPS) is 9.25. The molecule has 0 spiro atoms. The lowest BCUT2D eigenvalue weighted by Crippen LogP contribution is -2.19. The Hall–Kier alpha value is -1.65. The number of benzene rings is 1. The van der Waals surface area contributed by atoms with Crippen LogP contribution in [0.5, 0.6) is 0 Å². The molecule has 0 aliphatic rings. The maximum Gasteiger partial charge on any atom is 0.102 e. The van der Waals surface area contributed by atoms with Crippen molar-refractivity contribution in [3.63, 3.8) is 0 Å². The fraction of sp³-hybridized carbons (Fsp3) is 0.333. The van der Waals surface area contributed by atoms with E-state index in [4.69, 9.17) is 10.5 Å². The molecular formula is C12H13N3S. The molecule has 0 aromatic heterocycles. The topological polar surface area (TPSA) is 50.8 Å². The van der Waals surface area contributed by atoms with E-state index in [1.807, 2.05) is 36.4 Å². The molecular weight excluding hydrogens is 218 g/mol. The molecule has 1 rings (SSSR count). The van der Waals surface area contributed by atoms with E-state index in [0.717, 1.165) is 10.6 Å². The van der Waals surface area contributed by atoms with Crippen LogP contribution in [0.15, 0.2) is 23.1 Å². The first-order valence-corrected chi connectivity index (χ1v) is 6.12. The van der Waals surface area contributed by atoms with Gasteiger partial charge in [0, 0.05) is 18.5 Å². The summed E-state index contributed by atoms with van der Waals surface area (Å²) in [4.78, 5) is 2.92. The molecule has 0 atom stereocenters. The van der Waals surface area contributed by atoms with E-state index in [1.165, 1.54) is 0 Å². The van der Waals surface area contributed by atoms with Gasteiger partial charge in [-0.25, -0.2) is 0 Å². The highest BCUT2D eigenvalue weighted by molar-refractivity contribution is 7.98. The molecule has 4 heteroatoms. The van der Waals surface area contributed by atoms with Crippen LogP contribution in [-0.2, 0) is 0 Å². The SMILES string of the molecule is CSc1cccc(N(C)CCC#N)c1C#N. The van der Waals surface area contributed by atoms with Gasteiger partial charge in [0.2, 0.25) is 0 Å². The summed E-state index contributed by atoms with van der Waals surface area (Å²) in [5.41, 5.74) is 1.58. The van der Waals surface area contributed by atoms with Crippen molar-refractivity contribution >= 4 is 17.4 Å². The molecule has 1 aromatic carbocycles. The lowest BCUT2D eigenvalue weighted by Gasteiger charge is -2.20. The Morgan fingerprint density at radius 2 is 2.12 bits per heavy atom. The molecule has 16 heavy (non-hydrogen) atoms. The standard InChI is InChI=1S/C12H13N3S/c1-15(8-4-7-13)11-5-3-6-12(16-2)10(11)9-14/h3,5-6H,4,8H2,1-2H3. The summed E-state index contributed by atoms with van der Waals surface area (Å²) in [6.45, 7) is 0.642. The Kier molecular flexibility index (Phi) is 4.69. The monoisotopic (exact) mass is 231 g/mol. The van der Waals surface area contributed by atoms with Crippen molar-refractivity contribution in [2.45, 2.75) is 11.3 Å². The van der Waals surface area contributed by atoms with Gasteiger partial charge in [-0.05, 0) is 18.4 Å². The predicted octanol–water partition coefficient (Wildman–Crippen LogP) is 2.63. The van der Waals surface area contributed by atoms with Crippen LogP contribution >= 0.6 is 11.8 Å². The van der Waals surface area contributed by atoms with E-state index >= 15 is 0 Å². The first-order valence-electron chi connectivity index (χ1n) is 4.89. The van der Waals surface area contributed by atoms with Crippen molar-refractivity contribution in [3.05, 3.63) is 23.8 Å². The summed E-state index contributed by atoms with van der Waals surface area (Å²) < 4.78 is 0. The van der Waals surface area contributed by atoms with Gasteiger partial charge in [0.05, 0.1) is 23.7 Å². The number of nitrogens with zero attached hydrogens (tertiary/aromatic N) is 3. The van der Waals surface area contributed by atoms with Crippen molar-refractivity contribution < 1.29 is 0 Å². The van der Waals surface area contributed by atoms with Gasteiger partial charge in [0.15, 0.2) is 0 Å². The third-order valence-corrected chi connectivity index (χ3v) is 3.09. The lowest BCUT2D eigenvalue weighted by atomic mass is 10.1. The molecule has 3 nitrogen and oxygen atoms in total. The summed E-state index contributed by atoms with van der Waals surface area (Å²) in [7, 11) is 1.90. The van der Waals surface area contributed by atoms with Gasteiger partial charge in [0.25, 0.3) is 0 Å². The maximum absolute atomic E-state index is 9.15. The minimum atomic E-state index is 0.463. The van der Waals surface area contributed by atoms with Crippen LogP contribution in [0.25, 0.3) is 0 Å². The number of hydrogen-bond acceptors (Lipinski definition) is 4. The highest BCUT2D eigenvalue weighted by atomic mass is 32.2. The fourth-order valence-corrected chi connectivity index (χ4v) is 2.03. The Balaban J connectivity index is 3.05. The van der Waals surface area contributed by atoms with Crippen LogP contribution in [0, 0.1) is 22.7 Å². The van der Waals surface area contributed by atoms with E-state index in [-0.39, 0.29) is 0 Å². The molecule has 0 unspecified atom stereocenters. The second-order valence-corrected chi connectivity index (χ2v) is 4.14. The first-order chi connectivity index (χ1) is 7.74. The van der Waals surface area contributed by atoms with Crippen LogP contribution in [0.1, 0.15) is 12.0 Å². The van der Waals surface area contributed by atoms with Crippen LogP contribution in [0.4, 0.5) is 5.69 Å². The van der Waals surface area contributed by atoms with Crippen LogP contribution < -0.4 is 4.90 Å². The zero-order valence-corrected chi connectivity index (χ0v) is 10.2. The third-order valence-electron chi connectivity index (χ3n) is 2.31. The Morgan fingerprint density at radius 3 is 2.69 bits per heavy atom. The fourth-order valence-electron chi connectivity index (χ4n) is 1.46. The molecule has 0 saturated heterocycles. The van der Waals surface area contributed by atoms with E-state index in [9.17, 15) is 0 Å². The molecule has 82 valence electrons. The van der Waals surface area contributed by atoms with E-state index < -0.39 is 0 Å². The predicted molar refractivity (Wildman–Crippen MR) is 66.4 cm³/mol. The van der Waals surface area contributed by atoms with E-state index in [0.29, 0.717) is 18.5 Å². The summed E-state index contributed by atoms with van der Waals surface area (Å²) in [5.74, 6) is 0. The third kappa shape index (κ3) is 2.68. The number of hydrogen-bond donors (Lipinski definition) is 0. The van der Waals surface area contributed by atoms with Gasteiger partial charge < -0.3 is 4.90 Å². The number of rotatable bonds is 4. The quantitative estimate of drug-likeness (QED) is 0.747. The van der Waals surface area contributed by atoms with Crippen molar-refractivity contribution in [2.24, 2.45) is 0 Å². The van der Waals surface area contributed by atoms with Crippen molar-refractivity contribution in [1.29, 1.82) is 10.5 Å². The Bertz CT molecular complexity index is 443. The smallest absolute Gasteiger partial charge is 0.102 e. The number of anilines is 1. The number of nitriles is 2. The first kappa shape index (κ1) is 12.4. The highest BCUT2D eigenvalue weighted by Crippen LogP contribution is 2.28. The molecule has 0 fully saturated rings. The van der Waals surface area contributed by atoms with Crippen molar-refractivity contribution in [1.82, 2.24) is 0 Å². The van der Waals surface area contributed by atoms with Gasteiger partial charge in [-0.3, -0.25) is 0 Å². The van der Waals surface area contributed by atoms with Gasteiger partial charge in [-0.15, -0.1) is 11.8 Å².